The fourth-order valence-electron chi connectivity index (χ4n) is 4.68. The Morgan fingerprint density at radius 2 is 1.82 bits per heavy atom. The molecule has 3 aromatic carbocycles. The third-order valence-corrected chi connectivity index (χ3v) is 6.99. The zero-order valence-electron chi connectivity index (χ0n) is 20.8. The number of phenolic OH excluding ortho intramolecular Hbond substituents is 1. The van der Waals surface area contributed by atoms with Crippen molar-refractivity contribution >= 4 is 52.0 Å². The number of aromatic nitrogens is 6. The lowest BCUT2D eigenvalue weighted by Crippen LogP contribution is -2.28. The van der Waals surface area contributed by atoms with Gasteiger partial charge >= 0.3 is 0 Å². The van der Waals surface area contributed by atoms with E-state index in [1.807, 2.05) is 24.3 Å². The van der Waals surface area contributed by atoms with Crippen molar-refractivity contribution in [3.05, 3.63) is 105 Å². The molecule has 3 aromatic heterocycles. The Labute approximate surface area is 238 Å². The number of hydrogen-bond donors (Lipinski definition) is 3. The molecule has 0 spiro atoms. The maximum Gasteiger partial charge on any atom is 0.263 e. The van der Waals surface area contributed by atoms with Crippen LogP contribution in [0, 0.1) is 11.2 Å². The normalized spacial score (nSPS) is 11.1. The van der Waals surface area contributed by atoms with E-state index in [1.165, 1.54) is 6.33 Å². The second-order valence-corrected chi connectivity index (χ2v) is 9.59. The van der Waals surface area contributed by atoms with Crippen LogP contribution in [0.5, 0.6) is 5.75 Å². The molecule has 40 heavy (non-hydrogen) atoms. The van der Waals surface area contributed by atoms with Crippen molar-refractivity contribution in [1.82, 2.24) is 29.3 Å². The largest absolute Gasteiger partial charge is 0.508 e. The van der Waals surface area contributed by atoms with Crippen LogP contribution in [0.25, 0.3) is 33.2 Å². The lowest BCUT2D eigenvalue weighted by molar-refractivity contribution is 0.475. The third kappa shape index (κ3) is 4.51. The summed E-state index contributed by atoms with van der Waals surface area (Å²) < 4.78 is 3.19. The number of anilines is 1. The highest BCUT2D eigenvalue weighted by atomic mass is 35.5. The fourth-order valence-corrected chi connectivity index (χ4v) is 5.00. The molecule has 0 saturated heterocycles. The van der Waals surface area contributed by atoms with Crippen LogP contribution >= 0.6 is 24.2 Å². The minimum Gasteiger partial charge on any atom is -0.508 e. The zero-order chi connectivity index (χ0) is 27.8. The molecule has 0 amide bonds. The van der Waals surface area contributed by atoms with E-state index in [4.69, 9.17) is 27.4 Å². The molecule has 0 aliphatic carbocycles. The van der Waals surface area contributed by atoms with Crippen molar-refractivity contribution in [3.63, 3.8) is 0 Å². The van der Waals surface area contributed by atoms with E-state index < -0.39 is 0 Å². The third-order valence-electron chi connectivity index (χ3n) is 6.51. The number of nitrogen functional groups attached to an aromatic ring is 1. The van der Waals surface area contributed by atoms with Crippen LogP contribution in [0.2, 0.25) is 5.02 Å². The van der Waals surface area contributed by atoms with Gasteiger partial charge in [-0.25, -0.2) is 19.6 Å². The number of benzene rings is 3. The summed E-state index contributed by atoms with van der Waals surface area (Å²) in [5.74, 6) is 3.64. The second-order valence-electron chi connectivity index (χ2n) is 8.96. The molecular formula is C29H20ClN7O2S. The summed E-state index contributed by atoms with van der Waals surface area (Å²) in [4.78, 5) is 27.5. The Hall–Kier alpha value is -4.85. The minimum atomic E-state index is -0.273. The first-order valence-electron chi connectivity index (χ1n) is 12.1. The van der Waals surface area contributed by atoms with Crippen molar-refractivity contribution in [1.29, 1.82) is 0 Å². The number of hydrogen-bond acceptors (Lipinski definition) is 8. The van der Waals surface area contributed by atoms with Gasteiger partial charge in [0, 0.05) is 16.1 Å². The molecule has 0 fully saturated rings. The van der Waals surface area contributed by atoms with E-state index in [2.05, 4.69) is 33.8 Å². The molecule has 0 aliphatic rings. The molecule has 0 bridgehead atoms. The SMILES string of the molecule is Nc1ncnc2c1c(-c1cccc(O)c1)nn2Cc1nc2cccc(C#CS)c2c(=O)n1Cc1ccccc1Cl. The Kier molecular flexibility index (Phi) is 6.59. The molecular weight excluding hydrogens is 546 g/mol. The maximum atomic E-state index is 14.0. The Morgan fingerprint density at radius 3 is 2.62 bits per heavy atom. The smallest absolute Gasteiger partial charge is 0.263 e. The molecule has 6 rings (SSSR count). The van der Waals surface area contributed by atoms with E-state index in [9.17, 15) is 9.90 Å². The highest BCUT2D eigenvalue weighted by Gasteiger charge is 2.21. The molecule has 0 saturated carbocycles. The van der Waals surface area contributed by atoms with E-state index in [-0.39, 0.29) is 30.2 Å². The molecule has 3 N–H and O–H groups in total. The van der Waals surface area contributed by atoms with Gasteiger partial charge in [0.15, 0.2) is 5.65 Å². The molecule has 11 heteroatoms. The lowest BCUT2D eigenvalue weighted by Gasteiger charge is -2.15. The zero-order valence-corrected chi connectivity index (χ0v) is 22.4. The standard InChI is InChI=1S/C29H20ClN7O2S/c30-21-9-2-1-5-19(21)14-36-23(34-22-10-4-6-17(11-12-40)24(22)29(36)39)15-37-28-25(27(31)32-16-33-28)26(35-37)18-7-3-8-20(38)13-18/h1-10,13,16,38,40H,14-15H2,(H2,31,32,33). The van der Waals surface area contributed by atoms with Crippen LogP contribution in [-0.2, 0) is 13.1 Å². The van der Waals surface area contributed by atoms with Gasteiger partial charge in [0.05, 0.1) is 22.8 Å². The number of nitrogens with zero attached hydrogens (tertiary/aromatic N) is 6. The number of rotatable bonds is 5. The van der Waals surface area contributed by atoms with E-state index in [0.717, 1.165) is 5.56 Å². The van der Waals surface area contributed by atoms with Crippen LogP contribution in [0.1, 0.15) is 17.0 Å². The van der Waals surface area contributed by atoms with Crippen LogP contribution in [0.3, 0.4) is 0 Å². The monoisotopic (exact) mass is 565 g/mol. The first-order chi connectivity index (χ1) is 19.4. The Bertz CT molecular complexity index is 2060. The van der Waals surface area contributed by atoms with Gasteiger partial charge in [-0.2, -0.15) is 5.10 Å². The van der Waals surface area contributed by atoms with Gasteiger partial charge in [-0.1, -0.05) is 66.5 Å². The van der Waals surface area contributed by atoms with Crippen molar-refractivity contribution in [2.45, 2.75) is 13.1 Å². The fraction of sp³-hybridized carbons (Fsp3) is 0.0690. The topological polar surface area (TPSA) is 125 Å². The molecule has 6 aromatic rings. The number of phenols is 1. The summed E-state index contributed by atoms with van der Waals surface area (Å²) in [7, 11) is 0. The van der Waals surface area contributed by atoms with Gasteiger partial charge < -0.3 is 10.8 Å². The summed E-state index contributed by atoms with van der Waals surface area (Å²) in [6, 6.07) is 19.3. The minimum absolute atomic E-state index is 0.0838. The van der Waals surface area contributed by atoms with Crippen LogP contribution in [0.4, 0.5) is 5.82 Å². The van der Waals surface area contributed by atoms with Gasteiger partial charge in [-0.3, -0.25) is 9.36 Å². The van der Waals surface area contributed by atoms with Gasteiger partial charge in [0.25, 0.3) is 5.56 Å². The van der Waals surface area contributed by atoms with Gasteiger partial charge in [0.2, 0.25) is 0 Å². The van der Waals surface area contributed by atoms with Gasteiger partial charge in [-0.15, -0.1) is 0 Å². The molecule has 0 aliphatic heterocycles. The number of fused-ring (bicyclic) bond motifs is 2. The predicted octanol–water partition coefficient (Wildman–Crippen LogP) is 4.48. The Morgan fingerprint density at radius 1 is 1.00 bits per heavy atom. The highest BCUT2D eigenvalue weighted by Crippen LogP contribution is 2.32. The summed E-state index contributed by atoms with van der Waals surface area (Å²) in [5.41, 5.74) is 9.35. The number of aromatic hydroxyl groups is 1. The average molecular weight is 566 g/mol. The van der Waals surface area contributed by atoms with Crippen molar-refractivity contribution in [3.8, 4) is 28.2 Å². The van der Waals surface area contributed by atoms with Crippen molar-refractivity contribution < 1.29 is 5.11 Å². The van der Waals surface area contributed by atoms with Gasteiger partial charge in [0.1, 0.15) is 36.0 Å². The maximum absolute atomic E-state index is 14.0. The molecule has 196 valence electrons. The van der Waals surface area contributed by atoms with Crippen LogP contribution in [-0.4, -0.2) is 34.4 Å². The predicted molar refractivity (Wildman–Crippen MR) is 158 cm³/mol. The Balaban J connectivity index is 1.58. The molecule has 9 nitrogen and oxygen atoms in total. The molecule has 0 radical (unpaired) electrons. The first-order valence-corrected chi connectivity index (χ1v) is 12.9. The average Bonchev–Trinajstić information content (AvgIpc) is 3.31. The molecule has 0 atom stereocenters. The summed E-state index contributed by atoms with van der Waals surface area (Å²) >= 11 is 10.5. The quantitative estimate of drug-likeness (QED) is 0.208. The number of halogens is 1. The first kappa shape index (κ1) is 25.4. The molecule has 3 heterocycles. The summed E-state index contributed by atoms with van der Waals surface area (Å²) in [5, 5.41) is 18.9. The lowest BCUT2D eigenvalue weighted by atomic mass is 10.1. The van der Waals surface area contributed by atoms with E-state index in [1.54, 1.807) is 51.7 Å². The number of thiol groups is 1. The van der Waals surface area contributed by atoms with E-state index in [0.29, 0.717) is 49.6 Å². The molecule has 0 unspecified atom stereocenters. The van der Waals surface area contributed by atoms with Crippen LogP contribution < -0.4 is 11.3 Å². The number of nitrogens with two attached hydrogens (primary N) is 1. The van der Waals surface area contributed by atoms with Crippen LogP contribution in [0.15, 0.2) is 77.9 Å². The van der Waals surface area contributed by atoms with Crippen molar-refractivity contribution in [2.75, 3.05) is 5.73 Å². The highest BCUT2D eigenvalue weighted by molar-refractivity contribution is 7.85. The summed E-state index contributed by atoms with van der Waals surface area (Å²) in [6.45, 7) is 0.263. The summed E-state index contributed by atoms with van der Waals surface area (Å²) in [6.07, 6.45) is 1.36. The van der Waals surface area contributed by atoms with Gasteiger partial charge in [-0.05, 0) is 41.1 Å². The second kappa shape index (κ2) is 10.4. The van der Waals surface area contributed by atoms with E-state index >= 15 is 0 Å². The van der Waals surface area contributed by atoms with Crippen molar-refractivity contribution in [2.24, 2.45) is 0 Å².